The molecule has 3 rings (SSSR count). The van der Waals surface area contributed by atoms with Crippen LogP contribution in [0.1, 0.15) is 12.8 Å². The molecule has 1 fully saturated rings. The van der Waals surface area contributed by atoms with E-state index < -0.39 is 11.6 Å². The summed E-state index contributed by atoms with van der Waals surface area (Å²) in [5.74, 6) is -0.239. The SMILES string of the molecule is Fc1ccc(NC2CC3CC=CC32)cc1F. The molecule has 84 valence electrons. The van der Waals surface area contributed by atoms with E-state index in [9.17, 15) is 8.78 Å². The van der Waals surface area contributed by atoms with Crippen molar-refractivity contribution in [3.05, 3.63) is 42.0 Å². The van der Waals surface area contributed by atoms with E-state index in [1.807, 2.05) is 0 Å². The number of fused-ring (bicyclic) bond motifs is 1. The fraction of sp³-hybridized carbons (Fsp3) is 0.385. The maximum absolute atomic E-state index is 13.0. The van der Waals surface area contributed by atoms with Gasteiger partial charge in [0, 0.05) is 23.7 Å². The number of nitrogens with one attached hydrogen (secondary N) is 1. The van der Waals surface area contributed by atoms with Gasteiger partial charge in [-0.1, -0.05) is 12.2 Å². The van der Waals surface area contributed by atoms with Crippen LogP contribution in [0.5, 0.6) is 0 Å². The molecular weight excluding hydrogens is 208 g/mol. The lowest BCUT2D eigenvalue weighted by Crippen LogP contribution is -2.43. The van der Waals surface area contributed by atoms with Gasteiger partial charge in [-0.15, -0.1) is 0 Å². The largest absolute Gasteiger partial charge is 0.382 e. The van der Waals surface area contributed by atoms with Gasteiger partial charge in [0.2, 0.25) is 0 Å². The van der Waals surface area contributed by atoms with E-state index in [0.717, 1.165) is 18.4 Å². The van der Waals surface area contributed by atoms with Gasteiger partial charge in [-0.3, -0.25) is 0 Å². The molecule has 1 saturated carbocycles. The zero-order valence-corrected chi connectivity index (χ0v) is 8.79. The van der Waals surface area contributed by atoms with Gasteiger partial charge in [-0.2, -0.15) is 0 Å². The number of rotatable bonds is 2. The Labute approximate surface area is 93.2 Å². The fourth-order valence-electron chi connectivity index (χ4n) is 2.68. The second kappa shape index (κ2) is 3.58. The summed E-state index contributed by atoms with van der Waals surface area (Å²) in [7, 11) is 0. The smallest absolute Gasteiger partial charge is 0.160 e. The van der Waals surface area contributed by atoms with Gasteiger partial charge in [-0.25, -0.2) is 8.78 Å². The Bertz CT molecular complexity index is 442. The molecule has 16 heavy (non-hydrogen) atoms. The van der Waals surface area contributed by atoms with Gasteiger partial charge < -0.3 is 5.32 Å². The van der Waals surface area contributed by atoms with Gasteiger partial charge >= 0.3 is 0 Å². The van der Waals surface area contributed by atoms with Gasteiger partial charge in [0.05, 0.1) is 0 Å². The summed E-state index contributed by atoms with van der Waals surface area (Å²) in [6, 6.07) is 4.36. The Balaban J connectivity index is 1.70. The molecule has 0 bridgehead atoms. The highest BCUT2D eigenvalue weighted by Crippen LogP contribution is 2.44. The molecule has 0 aromatic heterocycles. The fourth-order valence-corrected chi connectivity index (χ4v) is 2.68. The summed E-state index contributed by atoms with van der Waals surface area (Å²) in [5.41, 5.74) is 0.669. The zero-order chi connectivity index (χ0) is 11.1. The quantitative estimate of drug-likeness (QED) is 0.755. The third-order valence-electron chi connectivity index (χ3n) is 3.63. The predicted octanol–water partition coefficient (Wildman–Crippen LogP) is 3.34. The van der Waals surface area contributed by atoms with Crippen molar-refractivity contribution in [1.82, 2.24) is 0 Å². The molecule has 3 heteroatoms. The number of hydrogen-bond donors (Lipinski definition) is 1. The van der Waals surface area contributed by atoms with Crippen LogP contribution >= 0.6 is 0 Å². The molecule has 0 saturated heterocycles. The summed E-state index contributed by atoms with van der Waals surface area (Å²) in [5, 5.41) is 3.26. The topological polar surface area (TPSA) is 12.0 Å². The van der Waals surface area contributed by atoms with E-state index in [-0.39, 0.29) is 0 Å². The molecule has 3 atom stereocenters. The Hall–Kier alpha value is -1.38. The first-order valence-corrected chi connectivity index (χ1v) is 5.62. The molecule has 0 heterocycles. The van der Waals surface area contributed by atoms with Crippen LogP contribution in [0.15, 0.2) is 30.4 Å². The van der Waals surface area contributed by atoms with Crippen LogP contribution in [-0.4, -0.2) is 6.04 Å². The highest BCUT2D eigenvalue weighted by Gasteiger charge is 2.40. The van der Waals surface area contributed by atoms with E-state index >= 15 is 0 Å². The molecule has 1 aromatic rings. The monoisotopic (exact) mass is 221 g/mol. The normalized spacial score (nSPS) is 31.0. The summed E-state index contributed by atoms with van der Waals surface area (Å²) in [6.45, 7) is 0. The van der Waals surface area contributed by atoms with E-state index in [1.54, 1.807) is 6.07 Å². The minimum Gasteiger partial charge on any atom is -0.382 e. The minimum atomic E-state index is -0.794. The molecule has 0 amide bonds. The van der Waals surface area contributed by atoms with Crippen LogP contribution < -0.4 is 5.32 Å². The average molecular weight is 221 g/mol. The standard InChI is InChI=1S/C13H13F2N/c14-11-5-4-9(7-12(11)15)16-13-6-8-2-1-3-10(8)13/h1,3-5,7-8,10,13,16H,2,6H2. The zero-order valence-electron chi connectivity index (χ0n) is 8.79. The van der Waals surface area contributed by atoms with Crippen LogP contribution in [0.4, 0.5) is 14.5 Å². The lowest BCUT2D eigenvalue weighted by Gasteiger charge is -2.41. The number of halogens is 2. The van der Waals surface area contributed by atoms with Gasteiger partial charge in [0.25, 0.3) is 0 Å². The summed E-state index contributed by atoms with van der Waals surface area (Å²) >= 11 is 0. The molecule has 3 unspecified atom stereocenters. The third-order valence-corrected chi connectivity index (χ3v) is 3.63. The highest BCUT2D eigenvalue weighted by molar-refractivity contribution is 5.45. The number of allylic oxidation sites excluding steroid dienone is 1. The molecule has 1 N–H and O–H groups in total. The van der Waals surface area contributed by atoms with E-state index in [2.05, 4.69) is 17.5 Å². The Morgan fingerprint density at radius 1 is 1.19 bits per heavy atom. The first-order valence-electron chi connectivity index (χ1n) is 5.62. The van der Waals surface area contributed by atoms with Crippen molar-refractivity contribution >= 4 is 5.69 Å². The van der Waals surface area contributed by atoms with Crippen LogP contribution in [0.25, 0.3) is 0 Å². The molecule has 2 aliphatic carbocycles. The van der Waals surface area contributed by atoms with Crippen LogP contribution in [0.3, 0.4) is 0 Å². The van der Waals surface area contributed by atoms with E-state index in [1.165, 1.54) is 12.5 Å². The lowest BCUT2D eigenvalue weighted by atomic mass is 9.71. The molecule has 2 aliphatic rings. The summed E-state index contributed by atoms with van der Waals surface area (Å²) in [6.07, 6.45) is 6.73. The van der Waals surface area contributed by atoms with Crippen LogP contribution in [-0.2, 0) is 0 Å². The van der Waals surface area contributed by atoms with Gasteiger partial charge in [0.15, 0.2) is 11.6 Å². The van der Waals surface area contributed by atoms with Crippen molar-refractivity contribution < 1.29 is 8.78 Å². The summed E-state index contributed by atoms with van der Waals surface area (Å²) < 4.78 is 25.7. The Morgan fingerprint density at radius 2 is 2.06 bits per heavy atom. The Kier molecular flexibility index (Phi) is 2.20. The summed E-state index contributed by atoms with van der Waals surface area (Å²) in [4.78, 5) is 0. The second-order valence-electron chi connectivity index (χ2n) is 4.62. The van der Waals surface area contributed by atoms with Crippen molar-refractivity contribution in [2.45, 2.75) is 18.9 Å². The molecule has 1 aromatic carbocycles. The average Bonchev–Trinajstić information content (AvgIpc) is 2.61. The molecule has 0 aliphatic heterocycles. The number of anilines is 1. The first-order chi connectivity index (χ1) is 7.74. The molecule has 1 nitrogen and oxygen atoms in total. The lowest BCUT2D eigenvalue weighted by molar-refractivity contribution is 0.218. The molecule has 0 radical (unpaired) electrons. The minimum absolute atomic E-state index is 0.383. The van der Waals surface area contributed by atoms with Crippen molar-refractivity contribution in [3.8, 4) is 0 Å². The molecular formula is C13H13F2N. The number of hydrogen-bond acceptors (Lipinski definition) is 1. The predicted molar refractivity (Wildman–Crippen MR) is 59.1 cm³/mol. The van der Waals surface area contributed by atoms with E-state index in [0.29, 0.717) is 17.6 Å². The maximum atomic E-state index is 13.0. The third kappa shape index (κ3) is 1.51. The maximum Gasteiger partial charge on any atom is 0.160 e. The second-order valence-corrected chi connectivity index (χ2v) is 4.62. The van der Waals surface area contributed by atoms with Crippen molar-refractivity contribution in [1.29, 1.82) is 0 Å². The van der Waals surface area contributed by atoms with Crippen molar-refractivity contribution in [2.24, 2.45) is 11.8 Å². The van der Waals surface area contributed by atoms with Crippen molar-refractivity contribution in [2.75, 3.05) is 5.32 Å². The van der Waals surface area contributed by atoms with Crippen LogP contribution in [0.2, 0.25) is 0 Å². The van der Waals surface area contributed by atoms with Gasteiger partial charge in [-0.05, 0) is 30.9 Å². The molecule has 0 spiro atoms. The number of benzene rings is 1. The first kappa shape index (κ1) is 9.82. The Morgan fingerprint density at radius 3 is 2.81 bits per heavy atom. The highest BCUT2D eigenvalue weighted by atomic mass is 19.2. The van der Waals surface area contributed by atoms with Crippen molar-refractivity contribution in [3.63, 3.8) is 0 Å². The van der Waals surface area contributed by atoms with Gasteiger partial charge in [0.1, 0.15) is 0 Å². The van der Waals surface area contributed by atoms with Crippen LogP contribution in [0, 0.1) is 23.5 Å². The van der Waals surface area contributed by atoms with E-state index in [4.69, 9.17) is 0 Å².